The normalized spacial score (nSPS) is 10.7. The molecule has 1 N–H and O–H groups in total. The molecular weight excluding hydrogens is 227 g/mol. The first-order valence-corrected chi connectivity index (χ1v) is 4.23. The lowest BCUT2D eigenvalue weighted by Crippen LogP contribution is -1.78. The molecule has 0 radical (unpaired) electrons. The monoisotopic (exact) mass is 230 g/mol. The lowest BCUT2D eigenvalue weighted by Gasteiger charge is -1.93. The van der Waals surface area contributed by atoms with Gasteiger partial charge in [-0.1, -0.05) is 11.6 Å². The molecular formula is C7H4BrClN2. The molecule has 0 atom stereocenters. The zero-order valence-electron chi connectivity index (χ0n) is 5.44. The molecule has 0 aliphatic heterocycles. The van der Waals surface area contributed by atoms with Crippen LogP contribution < -0.4 is 0 Å². The highest BCUT2D eigenvalue weighted by molar-refractivity contribution is 9.10. The molecule has 2 aromatic heterocycles. The quantitative estimate of drug-likeness (QED) is 0.694. The molecule has 0 spiro atoms. The number of halogens is 2. The maximum Gasteiger partial charge on any atom is 0.138 e. The van der Waals surface area contributed by atoms with E-state index in [-0.39, 0.29) is 0 Å². The van der Waals surface area contributed by atoms with Gasteiger partial charge in [-0.15, -0.1) is 0 Å². The van der Waals surface area contributed by atoms with Gasteiger partial charge in [0.25, 0.3) is 0 Å². The van der Waals surface area contributed by atoms with Gasteiger partial charge in [-0.3, -0.25) is 0 Å². The second kappa shape index (κ2) is 2.50. The Balaban J connectivity index is 2.86. The highest BCUT2D eigenvalue weighted by atomic mass is 79.9. The fourth-order valence-electron chi connectivity index (χ4n) is 0.934. The van der Waals surface area contributed by atoms with Crippen molar-refractivity contribution in [3.05, 3.63) is 28.0 Å². The van der Waals surface area contributed by atoms with Crippen molar-refractivity contribution in [1.82, 2.24) is 9.97 Å². The zero-order chi connectivity index (χ0) is 7.84. The van der Waals surface area contributed by atoms with Crippen LogP contribution >= 0.6 is 27.5 Å². The Labute approximate surface area is 76.7 Å². The summed E-state index contributed by atoms with van der Waals surface area (Å²) in [6, 6.07) is 3.80. The van der Waals surface area contributed by atoms with Crippen molar-refractivity contribution >= 4 is 38.6 Å². The van der Waals surface area contributed by atoms with Gasteiger partial charge in [-0.25, -0.2) is 4.98 Å². The van der Waals surface area contributed by atoms with Crippen molar-refractivity contribution in [2.24, 2.45) is 0 Å². The van der Waals surface area contributed by atoms with Crippen LogP contribution in [0.3, 0.4) is 0 Å². The van der Waals surface area contributed by atoms with Gasteiger partial charge in [0, 0.05) is 11.6 Å². The van der Waals surface area contributed by atoms with Crippen LogP contribution in [-0.4, -0.2) is 9.97 Å². The zero-order valence-corrected chi connectivity index (χ0v) is 7.78. The van der Waals surface area contributed by atoms with Gasteiger partial charge >= 0.3 is 0 Å². The van der Waals surface area contributed by atoms with E-state index in [2.05, 4.69) is 25.9 Å². The van der Waals surface area contributed by atoms with Gasteiger partial charge in [0.05, 0.1) is 5.02 Å². The maximum atomic E-state index is 5.82. The molecule has 11 heavy (non-hydrogen) atoms. The van der Waals surface area contributed by atoms with E-state index in [0.717, 1.165) is 11.0 Å². The number of pyridine rings is 1. The molecule has 2 rings (SSSR count). The number of hydrogen-bond acceptors (Lipinski definition) is 1. The van der Waals surface area contributed by atoms with Crippen molar-refractivity contribution in [1.29, 1.82) is 0 Å². The van der Waals surface area contributed by atoms with Crippen LogP contribution in [0.5, 0.6) is 0 Å². The highest BCUT2D eigenvalue weighted by Crippen LogP contribution is 2.23. The summed E-state index contributed by atoms with van der Waals surface area (Å²) >= 11 is 9.06. The molecule has 2 nitrogen and oxygen atoms in total. The third-order valence-corrected chi connectivity index (χ3v) is 2.57. The third-order valence-electron chi connectivity index (χ3n) is 1.45. The minimum absolute atomic E-state index is 0.636. The van der Waals surface area contributed by atoms with Gasteiger partial charge < -0.3 is 4.98 Å². The van der Waals surface area contributed by atoms with E-state index in [1.165, 1.54) is 0 Å². The van der Waals surface area contributed by atoms with Gasteiger partial charge in [0.15, 0.2) is 0 Å². The van der Waals surface area contributed by atoms with E-state index in [4.69, 9.17) is 11.6 Å². The number of nitrogens with zero attached hydrogens (tertiary/aromatic N) is 1. The summed E-state index contributed by atoms with van der Waals surface area (Å²) in [6.45, 7) is 0. The first-order valence-electron chi connectivity index (χ1n) is 3.06. The molecule has 0 aliphatic carbocycles. The summed E-state index contributed by atoms with van der Waals surface area (Å²) in [5.41, 5.74) is 0.848. The smallest absolute Gasteiger partial charge is 0.138 e. The fraction of sp³-hybridized carbons (Fsp3) is 0. The first kappa shape index (κ1) is 7.13. The van der Waals surface area contributed by atoms with E-state index < -0.39 is 0 Å². The second-order valence-corrected chi connectivity index (χ2v) is 3.33. The van der Waals surface area contributed by atoms with E-state index in [0.29, 0.717) is 9.63 Å². The summed E-state index contributed by atoms with van der Waals surface area (Å²) < 4.78 is 0.675. The second-order valence-electron chi connectivity index (χ2n) is 2.18. The molecule has 0 fully saturated rings. The number of nitrogens with one attached hydrogen (secondary N) is 1. The van der Waals surface area contributed by atoms with Crippen LogP contribution in [-0.2, 0) is 0 Å². The van der Waals surface area contributed by atoms with E-state index in [1.807, 2.05) is 18.3 Å². The summed E-state index contributed by atoms with van der Waals surface area (Å²) in [7, 11) is 0. The predicted molar refractivity (Wildman–Crippen MR) is 48.8 cm³/mol. The third kappa shape index (κ3) is 1.14. The van der Waals surface area contributed by atoms with Gasteiger partial charge in [-0.05, 0) is 28.1 Å². The van der Waals surface area contributed by atoms with E-state index in [1.54, 1.807) is 0 Å². The van der Waals surface area contributed by atoms with Crippen LogP contribution in [0, 0.1) is 0 Å². The Kier molecular flexibility index (Phi) is 1.62. The Morgan fingerprint density at radius 1 is 1.55 bits per heavy atom. The van der Waals surface area contributed by atoms with Crippen molar-refractivity contribution in [3.63, 3.8) is 0 Å². The largest absolute Gasteiger partial charge is 0.346 e. The number of aromatic nitrogens is 2. The van der Waals surface area contributed by atoms with Crippen molar-refractivity contribution < 1.29 is 0 Å². The lowest BCUT2D eigenvalue weighted by molar-refractivity contribution is 1.29. The number of aromatic amines is 1. The summed E-state index contributed by atoms with van der Waals surface area (Å²) in [5.74, 6) is 0. The van der Waals surface area contributed by atoms with Crippen LogP contribution in [0.4, 0.5) is 0 Å². The standard InChI is InChI=1S/C7H4BrClN2/c8-6-5(9)3-4-1-2-10-7(4)11-6/h1-3H,(H,10,11). The summed E-state index contributed by atoms with van der Waals surface area (Å²) in [4.78, 5) is 7.15. The molecule has 0 unspecified atom stereocenters. The molecule has 56 valence electrons. The summed E-state index contributed by atoms with van der Waals surface area (Å²) in [6.07, 6.45) is 1.83. The predicted octanol–water partition coefficient (Wildman–Crippen LogP) is 2.98. The minimum atomic E-state index is 0.636. The molecule has 0 aromatic carbocycles. The molecule has 0 amide bonds. The van der Waals surface area contributed by atoms with E-state index >= 15 is 0 Å². The lowest BCUT2D eigenvalue weighted by atomic mass is 10.3. The highest BCUT2D eigenvalue weighted by Gasteiger charge is 2.01. The Morgan fingerprint density at radius 2 is 2.36 bits per heavy atom. The van der Waals surface area contributed by atoms with Crippen molar-refractivity contribution in [3.8, 4) is 0 Å². The topological polar surface area (TPSA) is 28.7 Å². The van der Waals surface area contributed by atoms with Crippen molar-refractivity contribution in [2.45, 2.75) is 0 Å². The molecule has 2 heterocycles. The van der Waals surface area contributed by atoms with Crippen LogP contribution in [0.1, 0.15) is 0 Å². The Morgan fingerprint density at radius 3 is 3.18 bits per heavy atom. The van der Waals surface area contributed by atoms with Crippen molar-refractivity contribution in [2.75, 3.05) is 0 Å². The molecule has 0 bridgehead atoms. The number of hydrogen-bond donors (Lipinski definition) is 1. The molecule has 4 heteroatoms. The number of fused-ring (bicyclic) bond motifs is 1. The van der Waals surface area contributed by atoms with Crippen LogP contribution in [0.15, 0.2) is 22.9 Å². The fourth-order valence-corrected chi connectivity index (χ4v) is 1.39. The van der Waals surface area contributed by atoms with Crippen LogP contribution in [0.25, 0.3) is 11.0 Å². The Bertz CT molecular complexity index is 360. The van der Waals surface area contributed by atoms with Gasteiger partial charge in [-0.2, -0.15) is 0 Å². The van der Waals surface area contributed by atoms with E-state index in [9.17, 15) is 0 Å². The maximum absolute atomic E-state index is 5.82. The average Bonchev–Trinajstić information content (AvgIpc) is 2.36. The van der Waals surface area contributed by atoms with Gasteiger partial charge in [0.1, 0.15) is 10.3 Å². The summed E-state index contributed by atoms with van der Waals surface area (Å²) in [5, 5.41) is 1.66. The molecule has 0 aliphatic rings. The molecule has 0 saturated heterocycles. The first-order chi connectivity index (χ1) is 5.27. The van der Waals surface area contributed by atoms with Crippen LogP contribution in [0.2, 0.25) is 5.02 Å². The Hall–Kier alpha value is -0.540. The number of H-pyrrole nitrogens is 1. The molecule has 0 saturated carbocycles. The number of rotatable bonds is 0. The van der Waals surface area contributed by atoms with Gasteiger partial charge in [0.2, 0.25) is 0 Å². The molecule has 2 aromatic rings. The minimum Gasteiger partial charge on any atom is -0.346 e. The SMILES string of the molecule is Clc1cc2cc[nH]c2nc1Br. The average molecular weight is 231 g/mol.